The van der Waals surface area contributed by atoms with Crippen molar-refractivity contribution >= 4 is 23.6 Å². The minimum Gasteiger partial charge on any atom is -0.481 e. The van der Waals surface area contributed by atoms with E-state index < -0.39 is 5.97 Å². The Morgan fingerprint density at radius 3 is 2.50 bits per heavy atom. The zero-order valence-electron chi connectivity index (χ0n) is 13.9. The molecule has 24 heavy (non-hydrogen) atoms. The average Bonchev–Trinajstić information content (AvgIpc) is 2.48. The van der Waals surface area contributed by atoms with Crippen LogP contribution in [0.3, 0.4) is 0 Å². The Kier molecular flexibility index (Phi) is 5.78. The number of carbonyl (C=O) groups is 3. The van der Waals surface area contributed by atoms with Crippen molar-refractivity contribution in [1.29, 1.82) is 0 Å². The lowest BCUT2D eigenvalue weighted by Gasteiger charge is -2.32. The number of carboxylic acid groups (broad SMARTS) is 1. The van der Waals surface area contributed by atoms with Gasteiger partial charge in [-0.25, -0.2) is 4.79 Å². The first-order valence-electron chi connectivity index (χ1n) is 8.04. The van der Waals surface area contributed by atoms with Gasteiger partial charge < -0.3 is 20.6 Å². The van der Waals surface area contributed by atoms with Crippen molar-refractivity contribution in [1.82, 2.24) is 10.2 Å². The smallest absolute Gasteiger partial charge is 0.319 e. The van der Waals surface area contributed by atoms with Gasteiger partial charge in [-0.2, -0.15) is 0 Å². The molecule has 130 valence electrons. The van der Waals surface area contributed by atoms with E-state index in [2.05, 4.69) is 10.6 Å². The topological polar surface area (TPSA) is 98.7 Å². The number of hydrogen-bond donors (Lipinski definition) is 3. The van der Waals surface area contributed by atoms with E-state index in [-0.39, 0.29) is 23.9 Å². The first-order chi connectivity index (χ1) is 11.4. The minimum absolute atomic E-state index is 0.0223. The van der Waals surface area contributed by atoms with Crippen LogP contribution in [0.1, 0.15) is 32.3 Å². The molecular formula is C17H23N3O4. The largest absolute Gasteiger partial charge is 0.481 e. The van der Waals surface area contributed by atoms with Crippen molar-refractivity contribution in [2.45, 2.75) is 39.3 Å². The molecular weight excluding hydrogens is 310 g/mol. The van der Waals surface area contributed by atoms with Gasteiger partial charge in [0.2, 0.25) is 5.91 Å². The number of rotatable bonds is 6. The molecule has 0 atom stereocenters. The van der Waals surface area contributed by atoms with Gasteiger partial charge in [0, 0.05) is 31.7 Å². The van der Waals surface area contributed by atoms with Crippen LogP contribution in [-0.2, 0) is 16.1 Å². The van der Waals surface area contributed by atoms with Gasteiger partial charge in [-0.1, -0.05) is 18.2 Å². The van der Waals surface area contributed by atoms with E-state index in [1.807, 2.05) is 25.1 Å². The van der Waals surface area contributed by atoms with Crippen LogP contribution in [0.2, 0.25) is 0 Å². The van der Waals surface area contributed by atoms with E-state index >= 15 is 0 Å². The lowest BCUT2D eigenvalue weighted by atomic mass is 9.80. The van der Waals surface area contributed by atoms with E-state index in [9.17, 15) is 14.4 Å². The molecule has 1 aliphatic rings. The number of benzene rings is 1. The number of anilines is 1. The molecule has 1 saturated carbocycles. The summed E-state index contributed by atoms with van der Waals surface area (Å²) in [6.45, 7) is 4.43. The molecule has 0 aromatic heterocycles. The molecule has 1 aromatic rings. The maximum absolute atomic E-state index is 12.1. The SMILES string of the molecule is CCN(Cc1ccccc1NC(=O)NC1CC(C(=O)O)C1)C(C)=O. The van der Waals surface area contributed by atoms with Gasteiger partial charge in [-0.3, -0.25) is 9.59 Å². The molecule has 0 spiro atoms. The molecule has 0 radical (unpaired) electrons. The van der Waals surface area contributed by atoms with Crippen LogP contribution in [0, 0.1) is 5.92 Å². The Bertz CT molecular complexity index is 626. The van der Waals surface area contributed by atoms with E-state index in [0.29, 0.717) is 31.6 Å². The Morgan fingerprint density at radius 1 is 1.25 bits per heavy atom. The third-order valence-corrected chi connectivity index (χ3v) is 4.28. The molecule has 0 aliphatic heterocycles. The lowest BCUT2D eigenvalue weighted by molar-refractivity contribution is -0.145. The number of aliphatic carboxylic acids is 1. The molecule has 7 heteroatoms. The second kappa shape index (κ2) is 7.81. The first kappa shape index (κ1) is 17.8. The van der Waals surface area contributed by atoms with Gasteiger partial charge in [-0.15, -0.1) is 0 Å². The van der Waals surface area contributed by atoms with Gasteiger partial charge in [-0.05, 0) is 31.4 Å². The standard InChI is InChI=1S/C17H23N3O4/c1-3-20(11(2)21)10-12-6-4-5-7-15(12)19-17(24)18-14-8-13(9-14)16(22)23/h4-7,13-14H,3,8-10H2,1-2H3,(H,22,23)(H2,18,19,24). The number of carboxylic acids is 1. The monoisotopic (exact) mass is 333 g/mol. The molecule has 1 fully saturated rings. The highest BCUT2D eigenvalue weighted by Gasteiger charge is 2.35. The van der Waals surface area contributed by atoms with Crippen LogP contribution in [0.5, 0.6) is 0 Å². The van der Waals surface area contributed by atoms with Crippen LogP contribution in [0.15, 0.2) is 24.3 Å². The number of nitrogens with one attached hydrogen (secondary N) is 2. The molecule has 2 rings (SSSR count). The highest BCUT2D eigenvalue weighted by Crippen LogP contribution is 2.27. The maximum Gasteiger partial charge on any atom is 0.319 e. The molecule has 0 heterocycles. The number of amides is 3. The summed E-state index contributed by atoms with van der Waals surface area (Å²) in [6, 6.07) is 6.85. The highest BCUT2D eigenvalue weighted by molar-refractivity contribution is 5.90. The fourth-order valence-corrected chi connectivity index (χ4v) is 2.71. The Morgan fingerprint density at radius 2 is 1.92 bits per heavy atom. The van der Waals surface area contributed by atoms with Gasteiger partial charge in [0.25, 0.3) is 0 Å². The second-order valence-corrected chi connectivity index (χ2v) is 5.99. The van der Waals surface area contributed by atoms with E-state index in [0.717, 1.165) is 5.56 Å². The zero-order valence-corrected chi connectivity index (χ0v) is 13.9. The van der Waals surface area contributed by atoms with Crippen molar-refractivity contribution < 1.29 is 19.5 Å². The average molecular weight is 333 g/mol. The highest BCUT2D eigenvalue weighted by atomic mass is 16.4. The van der Waals surface area contributed by atoms with Gasteiger partial charge in [0.15, 0.2) is 0 Å². The maximum atomic E-state index is 12.1. The fraction of sp³-hybridized carbons (Fsp3) is 0.471. The molecule has 0 bridgehead atoms. The van der Waals surface area contributed by atoms with E-state index in [1.165, 1.54) is 6.92 Å². The number of carbonyl (C=O) groups excluding carboxylic acids is 2. The molecule has 0 saturated heterocycles. The van der Waals surface area contributed by atoms with Gasteiger partial charge in [0.05, 0.1) is 5.92 Å². The Hall–Kier alpha value is -2.57. The summed E-state index contributed by atoms with van der Waals surface area (Å²) < 4.78 is 0. The minimum atomic E-state index is -0.817. The van der Waals surface area contributed by atoms with Crippen molar-refractivity contribution in [3.8, 4) is 0 Å². The summed E-state index contributed by atoms with van der Waals surface area (Å²) in [6.07, 6.45) is 0.913. The normalized spacial score (nSPS) is 19.1. The Balaban J connectivity index is 1.93. The summed E-state index contributed by atoms with van der Waals surface area (Å²) in [5, 5.41) is 14.4. The van der Waals surface area contributed by atoms with Crippen LogP contribution in [-0.4, -0.2) is 40.5 Å². The zero-order chi connectivity index (χ0) is 17.7. The third-order valence-electron chi connectivity index (χ3n) is 4.28. The van der Waals surface area contributed by atoms with Crippen LogP contribution in [0.25, 0.3) is 0 Å². The van der Waals surface area contributed by atoms with Crippen molar-refractivity contribution in [3.63, 3.8) is 0 Å². The Labute approximate surface area is 141 Å². The molecule has 3 amide bonds. The second-order valence-electron chi connectivity index (χ2n) is 5.99. The summed E-state index contributed by atoms with van der Waals surface area (Å²) in [7, 11) is 0. The van der Waals surface area contributed by atoms with Gasteiger partial charge >= 0.3 is 12.0 Å². The van der Waals surface area contributed by atoms with Crippen molar-refractivity contribution in [3.05, 3.63) is 29.8 Å². The lowest BCUT2D eigenvalue weighted by Crippen LogP contribution is -2.48. The third kappa shape index (κ3) is 4.47. The summed E-state index contributed by atoms with van der Waals surface area (Å²) in [5.74, 6) is -1.20. The van der Waals surface area contributed by atoms with E-state index in [4.69, 9.17) is 5.11 Å². The molecule has 1 aromatic carbocycles. The van der Waals surface area contributed by atoms with Crippen LogP contribution < -0.4 is 10.6 Å². The summed E-state index contributed by atoms with van der Waals surface area (Å²) in [5.41, 5.74) is 1.49. The molecule has 0 unspecified atom stereocenters. The quantitative estimate of drug-likeness (QED) is 0.742. The number of para-hydroxylation sites is 1. The van der Waals surface area contributed by atoms with Crippen molar-refractivity contribution in [2.24, 2.45) is 5.92 Å². The molecule has 1 aliphatic carbocycles. The summed E-state index contributed by atoms with van der Waals surface area (Å²) >= 11 is 0. The van der Waals surface area contributed by atoms with Crippen LogP contribution in [0.4, 0.5) is 10.5 Å². The fourth-order valence-electron chi connectivity index (χ4n) is 2.71. The summed E-state index contributed by atoms with van der Waals surface area (Å²) in [4.78, 5) is 36.1. The number of urea groups is 1. The van der Waals surface area contributed by atoms with Gasteiger partial charge in [0.1, 0.15) is 0 Å². The van der Waals surface area contributed by atoms with E-state index in [1.54, 1.807) is 11.0 Å². The predicted octanol–water partition coefficient (Wildman–Crippen LogP) is 2.04. The first-order valence-corrected chi connectivity index (χ1v) is 8.04. The molecule has 3 N–H and O–H groups in total. The number of hydrogen-bond acceptors (Lipinski definition) is 3. The molecule has 7 nitrogen and oxygen atoms in total. The predicted molar refractivity (Wildman–Crippen MR) is 89.5 cm³/mol. The number of nitrogens with zero attached hydrogens (tertiary/aromatic N) is 1. The van der Waals surface area contributed by atoms with Crippen LogP contribution >= 0.6 is 0 Å². The van der Waals surface area contributed by atoms with Crippen molar-refractivity contribution in [2.75, 3.05) is 11.9 Å².